The third-order valence-electron chi connectivity index (χ3n) is 6.68. The Labute approximate surface area is 238 Å². The van der Waals surface area contributed by atoms with Crippen LogP contribution >= 0.6 is 12.4 Å². The van der Waals surface area contributed by atoms with E-state index in [1.807, 2.05) is 17.9 Å². The van der Waals surface area contributed by atoms with Crippen molar-refractivity contribution in [2.75, 3.05) is 18.0 Å². The van der Waals surface area contributed by atoms with Gasteiger partial charge in [-0.25, -0.2) is 13.8 Å². The van der Waals surface area contributed by atoms with Gasteiger partial charge >= 0.3 is 6.36 Å². The molecule has 0 spiro atoms. The zero-order valence-electron chi connectivity index (χ0n) is 21.8. The number of nitrogens with zero attached hydrogens (tertiary/aromatic N) is 3. The van der Waals surface area contributed by atoms with Crippen molar-refractivity contribution in [2.45, 2.75) is 32.7 Å². The maximum Gasteiger partial charge on any atom is 0.573 e. The molecule has 1 aliphatic heterocycles. The highest BCUT2D eigenvalue weighted by Crippen LogP contribution is 2.30. The monoisotopic (exact) mass is 592 g/mol. The summed E-state index contributed by atoms with van der Waals surface area (Å²) in [6.07, 6.45) is -0.300. The highest BCUT2D eigenvalue weighted by Gasteiger charge is 2.31. The lowest BCUT2D eigenvalue weighted by atomic mass is 9.99. The van der Waals surface area contributed by atoms with Crippen LogP contribution in [-0.2, 0) is 13.0 Å². The number of imidazole rings is 1. The molecule has 4 aromatic rings. The molecule has 0 fully saturated rings. The van der Waals surface area contributed by atoms with Crippen molar-refractivity contribution in [3.8, 4) is 5.75 Å². The van der Waals surface area contributed by atoms with Crippen LogP contribution in [0.4, 0.5) is 27.6 Å². The molecular weight excluding hydrogens is 567 g/mol. The van der Waals surface area contributed by atoms with Crippen molar-refractivity contribution >= 4 is 35.2 Å². The number of anilines is 1. The molecule has 0 saturated carbocycles. The van der Waals surface area contributed by atoms with E-state index < -0.39 is 23.9 Å². The zero-order chi connectivity index (χ0) is 28.4. The van der Waals surface area contributed by atoms with Crippen molar-refractivity contribution in [3.05, 3.63) is 101 Å². The number of carbonyl (C=O) groups excluding carboxylic acids is 1. The second kappa shape index (κ2) is 12.2. The molecule has 0 atom stereocenters. The third-order valence-corrected chi connectivity index (χ3v) is 6.68. The highest BCUT2D eigenvalue weighted by molar-refractivity contribution is 5.94. The molecule has 1 aliphatic rings. The second-order valence-electron chi connectivity index (χ2n) is 9.30. The fourth-order valence-corrected chi connectivity index (χ4v) is 4.76. The van der Waals surface area contributed by atoms with Crippen LogP contribution in [0.5, 0.6) is 5.75 Å². The fraction of sp³-hybridized carbons (Fsp3) is 0.241. The SMILES string of the molecule is CCc1nc2cc(F)ccn2c1C(=O)NCc1ccc(N2CC=C(c3ccc(OC(F)(F)F)cc3)CC2)c(F)c1.Cl. The number of nitrogens with one attached hydrogen (secondary N) is 1. The smallest absolute Gasteiger partial charge is 0.406 e. The van der Waals surface area contributed by atoms with Gasteiger partial charge in [0.15, 0.2) is 0 Å². The second-order valence-corrected chi connectivity index (χ2v) is 9.30. The number of benzene rings is 2. The van der Waals surface area contributed by atoms with Gasteiger partial charge in [-0.15, -0.1) is 25.6 Å². The summed E-state index contributed by atoms with van der Waals surface area (Å²) >= 11 is 0. The normalized spacial score (nSPS) is 13.5. The molecule has 41 heavy (non-hydrogen) atoms. The van der Waals surface area contributed by atoms with Gasteiger partial charge in [-0.1, -0.05) is 31.2 Å². The van der Waals surface area contributed by atoms with Crippen LogP contribution < -0.4 is 15.0 Å². The van der Waals surface area contributed by atoms with E-state index in [2.05, 4.69) is 15.0 Å². The van der Waals surface area contributed by atoms with Crippen LogP contribution in [0.15, 0.2) is 66.9 Å². The van der Waals surface area contributed by atoms with Crippen molar-refractivity contribution < 1.29 is 31.5 Å². The number of alkyl halides is 3. The number of aryl methyl sites for hydroxylation is 1. The number of hydrogen-bond acceptors (Lipinski definition) is 4. The lowest BCUT2D eigenvalue weighted by Crippen LogP contribution is -2.29. The number of carbonyl (C=O) groups is 1. The van der Waals surface area contributed by atoms with Gasteiger partial charge in [0, 0.05) is 31.9 Å². The van der Waals surface area contributed by atoms with Gasteiger partial charge in [0.05, 0.1) is 11.4 Å². The van der Waals surface area contributed by atoms with Crippen LogP contribution in [0.1, 0.15) is 40.7 Å². The molecule has 0 aliphatic carbocycles. The molecule has 3 heterocycles. The van der Waals surface area contributed by atoms with Crippen molar-refractivity contribution in [1.82, 2.24) is 14.7 Å². The summed E-state index contributed by atoms with van der Waals surface area (Å²) in [6, 6.07) is 13.0. The van der Waals surface area contributed by atoms with Crippen LogP contribution in [-0.4, -0.2) is 34.7 Å². The molecule has 6 nitrogen and oxygen atoms in total. The minimum atomic E-state index is -4.74. The molecule has 5 rings (SSSR count). The first-order chi connectivity index (χ1) is 19.1. The number of pyridine rings is 1. The van der Waals surface area contributed by atoms with Gasteiger partial charge in [-0.3, -0.25) is 9.20 Å². The molecule has 216 valence electrons. The first-order valence-electron chi connectivity index (χ1n) is 12.6. The Morgan fingerprint density at radius 2 is 1.83 bits per heavy atom. The fourth-order valence-electron chi connectivity index (χ4n) is 4.76. The van der Waals surface area contributed by atoms with Gasteiger partial charge < -0.3 is 15.0 Å². The lowest BCUT2D eigenvalue weighted by Gasteiger charge is -2.29. The Bertz CT molecular complexity index is 1580. The molecule has 2 aromatic carbocycles. The van der Waals surface area contributed by atoms with Gasteiger partial charge in [0.25, 0.3) is 5.91 Å². The van der Waals surface area contributed by atoms with Crippen LogP contribution in [0.25, 0.3) is 11.2 Å². The summed E-state index contributed by atoms with van der Waals surface area (Å²) in [4.78, 5) is 19.2. The highest BCUT2D eigenvalue weighted by atomic mass is 35.5. The van der Waals surface area contributed by atoms with E-state index in [4.69, 9.17) is 0 Å². The van der Waals surface area contributed by atoms with Gasteiger partial charge in [0.1, 0.15) is 28.7 Å². The summed E-state index contributed by atoms with van der Waals surface area (Å²) in [7, 11) is 0. The maximum atomic E-state index is 15.1. The Balaban J connectivity index is 0.00000387. The number of aromatic nitrogens is 2. The molecular formula is C29H26ClF5N4O2. The summed E-state index contributed by atoms with van der Waals surface area (Å²) in [5, 5.41) is 2.79. The standard InChI is InChI=1S/C29H25F5N4O2.ClH/c1-2-24-27(38-14-11-21(30)16-26(38)36-24)28(39)35-17-18-3-8-25(23(31)15-18)37-12-9-20(10-13-37)19-4-6-22(7-5-19)40-29(32,33)34;/h3-9,11,14-16H,2,10,12-13,17H2,1H3,(H,35,39);1H. The maximum absolute atomic E-state index is 15.1. The average Bonchev–Trinajstić information content (AvgIpc) is 3.29. The van der Waals surface area contributed by atoms with E-state index >= 15 is 4.39 Å². The lowest BCUT2D eigenvalue weighted by molar-refractivity contribution is -0.274. The summed E-state index contributed by atoms with van der Waals surface area (Å²) in [6.45, 7) is 2.89. The van der Waals surface area contributed by atoms with E-state index in [1.54, 1.807) is 24.3 Å². The number of halogens is 6. The molecule has 0 bridgehead atoms. The number of ether oxygens (including phenoxy) is 1. The number of amides is 1. The van der Waals surface area contributed by atoms with E-state index in [0.717, 1.165) is 11.1 Å². The van der Waals surface area contributed by atoms with Crippen molar-refractivity contribution in [2.24, 2.45) is 0 Å². The van der Waals surface area contributed by atoms with E-state index in [1.165, 1.54) is 40.9 Å². The van der Waals surface area contributed by atoms with Crippen LogP contribution in [0, 0.1) is 11.6 Å². The van der Waals surface area contributed by atoms with Crippen LogP contribution in [0.2, 0.25) is 0 Å². The molecule has 1 N–H and O–H groups in total. The number of fused-ring (bicyclic) bond motifs is 1. The first kappa shape index (κ1) is 29.9. The van der Waals surface area contributed by atoms with Gasteiger partial charge in [-0.2, -0.15) is 0 Å². The largest absolute Gasteiger partial charge is 0.573 e. The van der Waals surface area contributed by atoms with Crippen molar-refractivity contribution in [3.63, 3.8) is 0 Å². The molecule has 2 aromatic heterocycles. The van der Waals surface area contributed by atoms with Gasteiger partial charge in [-0.05, 0) is 59.9 Å². The Kier molecular flexibility index (Phi) is 8.86. The summed E-state index contributed by atoms with van der Waals surface area (Å²) < 4.78 is 71.2. The predicted molar refractivity (Wildman–Crippen MR) is 147 cm³/mol. The van der Waals surface area contributed by atoms with Crippen molar-refractivity contribution in [1.29, 1.82) is 0 Å². The average molecular weight is 593 g/mol. The minimum absolute atomic E-state index is 0. The van der Waals surface area contributed by atoms with E-state index in [9.17, 15) is 22.4 Å². The molecule has 0 saturated heterocycles. The number of rotatable bonds is 7. The third kappa shape index (κ3) is 6.79. The van der Waals surface area contributed by atoms with E-state index in [-0.39, 0.29) is 24.7 Å². The van der Waals surface area contributed by atoms with Gasteiger partial charge in [0.2, 0.25) is 0 Å². The summed E-state index contributed by atoms with van der Waals surface area (Å²) in [5.74, 6) is -1.56. The Morgan fingerprint density at radius 1 is 1.07 bits per heavy atom. The Morgan fingerprint density at radius 3 is 2.46 bits per heavy atom. The molecule has 0 unspecified atom stereocenters. The topological polar surface area (TPSA) is 58.9 Å². The van der Waals surface area contributed by atoms with Crippen LogP contribution in [0.3, 0.4) is 0 Å². The Hall–Kier alpha value is -4.12. The number of hydrogen-bond donors (Lipinski definition) is 1. The van der Waals surface area contributed by atoms with E-state index in [0.29, 0.717) is 54.2 Å². The zero-order valence-corrected chi connectivity index (χ0v) is 22.7. The molecule has 12 heteroatoms. The first-order valence-corrected chi connectivity index (χ1v) is 12.6. The molecule has 0 radical (unpaired) electrons. The quantitative estimate of drug-likeness (QED) is 0.242. The predicted octanol–water partition coefficient (Wildman–Crippen LogP) is 6.72. The molecule has 1 amide bonds. The summed E-state index contributed by atoms with van der Waals surface area (Å²) in [5.41, 5.74) is 3.90. The minimum Gasteiger partial charge on any atom is -0.406 e.